The Morgan fingerprint density at radius 2 is 1.95 bits per heavy atom. The Hall–Kier alpha value is -1.08. The third kappa shape index (κ3) is 4.21. The Labute approximate surface area is 124 Å². The standard InChI is InChI=1S/C13H21NO4S2/c1-5-7-8-20(16,17)14-12-11(13(15)18-6-2)9(3)10(4)19-12/h14H,5-8H2,1-4H3. The Morgan fingerprint density at radius 3 is 2.50 bits per heavy atom. The van der Waals surface area contributed by atoms with Gasteiger partial charge in [-0.3, -0.25) is 4.72 Å². The van der Waals surface area contributed by atoms with Gasteiger partial charge in [0, 0.05) is 4.88 Å². The highest BCUT2D eigenvalue weighted by Gasteiger charge is 2.23. The number of unbranched alkanes of at least 4 members (excludes halogenated alkanes) is 1. The summed E-state index contributed by atoms with van der Waals surface area (Å²) in [5, 5.41) is 0.356. The van der Waals surface area contributed by atoms with Crippen LogP contribution in [-0.4, -0.2) is 26.7 Å². The van der Waals surface area contributed by atoms with E-state index < -0.39 is 16.0 Å². The van der Waals surface area contributed by atoms with E-state index in [2.05, 4.69) is 4.72 Å². The number of nitrogens with one attached hydrogen (secondary N) is 1. The summed E-state index contributed by atoms with van der Waals surface area (Å²) in [6.45, 7) is 7.56. The molecule has 0 atom stereocenters. The smallest absolute Gasteiger partial charge is 0.341 e. The largest absolute Gasteiger partial charge is 0.462 e. The van der Waals surface area contributed by atoms with Crippen LogP contribution in [0.2, 0.25) is 0 Å². The minimum absolute atomic E-state index is 0.0573. The van der Waals surface area contributed by atoms with Crippen LogP contribution in [0.3, 0.4) is 0 Å². The summed E-state index contributed by atoms with van der Waals surface area (Å²) in [6, 6.07) is 0. The molecule has 1 aromatic heterocycles. The second kappa shape index (κ2) is 7.08. The summed E-state index contributed by atoms with van der Waals surface area (Å²) in [5.41, 5.74) is 1.09. The molecule has 0 unspecified atom stereocenters. The predicted molar refractivity (Wildman–Crippen MR) is 82.1 cm³/mol. The fourth-order valence-corrected chi connectivity index (χ4v) is 4.28. The lowest BCUT2D eigenvalue weighted by molar-refractivity contribution is 0.0527. The van der Waals surface area contributed by atoms with Gasteiger partial charge >= 0.3 is 5.97 Å². The number of thiophene rings is 1. The Kier molecular flexibility index (Phi) is 6.01. The van der Waals surface area contributed by atoms with Gasteiger partial charge in [0.25, 0.3) is 0 Å². The first kappa shape index (κ1) is 17.0. The van der Waals surface area contributed by atoms with Crippen molar-refractivity contribution in [1.82, 2.24) is 0 Å². The van der Waals surface area contributed by atoms with Crippen LogP contribution in [0.4, 0.5) is 5.00 Å². The average molecular weight is 319 g/mol. The van der Waals surface area contributed by atoms with E-state index in [4.69, 9.17) is 4.74 Å². The monoisotopic (exact) mass is 319 g/mol. The van der Waals surface area contributed by atoms with Crippen LogP contribution in [0.25, 0.3) is 0 Å². The van der Waals surface area contributed by atoms with Gasteiger partial charge in [0.2, 0.25) is 10.0 Å². The summed E-state index contributed by atoms with van der Waals surface area (Å²) in [7, 11) is -3.42. The van der Waals surface area contributed by atoms with Gasteiger partial charge in [-0.2, -0.15) is 0 Å². The molecule has 0 radical (unpaired) electrons. The normalized spacial score (nSPS) is 11.4. The quantitative estimate of drug-likeness (QED) is 0.784. The van der Waals surface area contributed by atoms with Crippen molar-refractivity contribution in [1.29, 1.82) is 0 Å². The fraction of sp³-hybridized carbons (Fsp3) is 0.615. The van der Waals surface area contributed by atoms with Crippen molar-refractivity contribution in [3.05, 3.63) is 16.0 Å². The minimum atomic E-state index is -3.42. The molecule has 0 aliphatic rings. The molecular formula is C13H21NO4S2. The van der Waals surface area contributed by atoms with Crippen molar-refractivity contribution in [3.63, 3.8) is 0 Å². The summed E-state index contributed by atoms with van der Waals surface area (Å²) >= 11 is 1.26. The molecule has 0 amide bonds. The minimum Gasteiger partial charge on any atom is -0.462 e. The van der Waals surface area contributed by atoms with E-state index in [9.17, 15) is 13.2 Å². The van der Waals surface area contributed by atoms with Crippen molar-refractivity contribution < 1.29 is 17.9 Å². The molecule has 5 nitrogen and oxygen atoms in total. The lowest BCUT2D eigenvalue weighted by atomic mass is 10.2. The third-order valence-electron chi connectivity index (χ3n) is 2.88. The van der Waals surface area contributed by atoms with E-state index in [0.717, 1.165) is 16.9 Å². The molecule has 20 heavy (non-hydrogen) atoms. The Bertz CT molecular complexity index is 575. The second-order valence-corrected chi connectivity index (χ2v) is 7.55. The van der Waals surface area contributed by atoms with Crippen LogP contribution in [-0.2, 0) is 14.8 Å². The van der Waals surface area contributed by atoms with Gasteiger partial charge in [-0.05, 0) is 32.8 Å². The van der Waals surface area contributed by atoms with Crippen LogP contribution in [0.5, 0.6) is 0 Å². The molecular weight excluding hydrogens is 298 g/mol. The summed E-state index contributed by atoms with van der Waals surface area (Å²) < 4.78 is 31.4. The maximum atomic E-state index is 12.0. The van der Waals surface area contributed by atoms with Gasteiger partial charge in [0.05, 0.1) is 17.9 Å². The number of ether oxygens (including phenoxy) is 1. The molecule has 7 heteroatoms. The van der Waals surface area contributed by atoms with Gasteiger partial charge in [0.1, 0.15) is 5.00 Å². The number of carbonyl (C=O) groups is 1. The number of aryl methyl sites for hydroxylation is 1. The first-order chi connectivity index (χ1) is 9.32. The number of carbonyl (C=O) groups excluding carboxylic acids is 1. The van der Waals surface area contributed by atoms with Gasteiger partial charge in [-0.15, -0.1) is 11.3 Å². The van der Waals surface area contributed by atoms with Crippen LogP contribution in [0.15, 0.2) is 0 Å². The number of rotatable bonds is 7. The van der Waals surface area contributed by atoms with Crippen LogP contribution < -0.4 is 4.72 Å². The van der Waals surface area contributed by atoms with E-state index in [1.165, 1.54) is 11.3 Å². The van der Waals surface area contributed by atoms with Crippen LogP contribution >= 0.6 is 11.3 Å². The van der Waals surface area contributed by atoms with Crippen molar-refractivity contribution in [2.45, 2.75) is 40.5 Å². The van der Waals surface area contributed by atoms with Gasteiger partial charge in [-0.25, -0.2) is 13.2 Å². The summed E-state index contributed by atoms with van der Waals surface area (Å²) in [6.07, 6.45) is 1.39. The third-order valence-corrected chi connectivity index (χ3v) is 5.47. The van der Waals surface area contributed by atoms with Crippen molar-refractivity contribution in [3.8, 4) is 0 Å². The van der Waals surface area contributed by atoms with E-state index in [-0.39, 0.29) is 12.4 Å². The van der Waals surface area contributed by atoms with Crippen molar-refractivity contribution in [2.75, 3.05) is 17.1 Å². The van der Waals surface area contributed by atoms with Gasteiger partial charge < -0.3 is 4.74 Å². The molecule has 0 aliphatic heterocycles. The van der Waals surface area contributed by atoms with Crippen LogP contribution in [0.1, 0.15) is 47.5 Å². The number of esters is 1. The molecule has 0 fully saturated rings. The summed E-state index contributed by atoms with van der Waals surface area (Å²) in [4.78, 5) is 12.9. The molecule has 0 bridgehead atoms. The van der Waals surface area contributed by atoms with E-state index in [1.807, 2.05) is 13.8 Å². The molecule has 0 spiro atoms. The van der Waals surface area contributed by atoms with Gasteiger partial charge in [0.15, 0.2) is 0 Å². The second-order valence-electron chi connectivity index (χ2n) is 4.48. The van der Waals surface area contributed by atoms with Crippen molar-refractivity contribution in [2.24, 2.45) is 0 Å². The molecule has 1 heterocycles. The Morgan fingerprint density at radius 1 is 1.30 bits per heavy atom. The zero-order valence-corrected chi connectivity index (χ0v) is 13.9. The fourth-order valence-electron chi connectivity index (χ4n) is 1.67. The molecule has 1 N–H and O–H groups in total. The zero-order chi connectivity index (χ0) is 15.3. The highest BCUT2D eigenvalue weighted by atomic mass is 32.2. The predicted octanol–water partition coefficient (Wildman–Crippen LogP) is 3.08. The number of sulfonamides is 1. The van der Waals surface area contributed by atoms with E-state index >= 15 is 0 Å². The zero-order valence-electron chi connectivity index (χ0n) is 12.3. The molecule has 1 aromatic rings. The summed E-state index contributed by atoms with van der Waals surface area (Å²) in [5.74, 6) is -0.426. The molecule has 0 saturated heterocycles. The van der Waals surface area contributed by atoms with Crippen LogP contribution in [0, 0.1) is 13.8 Å². The van der Waals surface area contributed by atoms with E-state index in [0.29, 0.717) is 17.0 Å². The number of anilines is 1. The highest BCUT2D eigenvalue weighted by molar-refractivity contribution is 7.92. The molecule has 0 aliphatic carbocycles. The van der Waals surface area contributed by atoms with Crippen molar-refractivity contribution >= 4 is 32.3 Å². The molecule has 0 aromatic carbocycles. The molecule has 114 valence electrons. The molecule has 1 rings (SSSR count). The topological polar surface area (TPSA) is 72.5 Å². The highest BCUT2D eigenvalue weighted by Crippen LogP contribution is 2.33. The average Bonchev–Trinajstić information content (AvgIpc) is 2.62. The first-order valence-corrected chi connectivity index (χ1v) is 9.06. The Balaban J connectivity index is 3.07. The lowest BCUT2D eigenvalue weighted by Gasteiger charge is -2.08. The number of hydrogen-bond donors (Lipinski definition) is 1. The SMILES string of the molecule is CCCCS(=O)(=O)Nc1sc(C)c(C)c1C(=O)OCC. The number of hydrogen-bond acceptors (Lipinski definition) is 5. The maximum Gasteiger partial charge on any atom is 0.341 e. The van der Waals surface area contributed by atoms with Gasteiger partial charge in [-0.1, -0.05) is 13.3 Å². The first-order valence-electron chi connectivity index (χ1n) is 6.60. The molecule has 0 saturated carbocycles. The maximum absolute atomic E-state index is 12.0. The lowest BCUT2D eigenvalue weighted by Crippen LogP contribution is -2.18. The van der Waals surface area contributed by atoms with E-state index in [1.54, 1.807) is 13.8 Å².